The summed E-state index contributed by atoms with van der Waals surface area (Å²) in [5.74, 6) is -1.59. The Hall–Kier alpha value is -3.95. The number of benzene rings is 3. The molecule has 20 heteroatoms. The molecule has 3 N–H and O–H groups in total. The number of hydrogen-bond donors (Lipinski definition) is 2. The number of hydrogen-bond acceptors (Lipinski definition) is 10. The van der Waals surface area contributed by atoms with Gasteiger partial charge >= 0.3 is 12.4 Å². The normalized spacial score (nSPS) is 14.4. The van der Waals surface area contributed by atoms with E-state index in [0.29, 0.717) is 34.5 Å². The van der Waals surface area contributed by atoms with Crippen molar-refractivity contribution in [1.82, 2.24) is 19.9 Å². The number of halogens is 6. The molecule has 0 radical (unpaired) electrons. The lowest BCUT2D eigenvalue weighted by atomic mass is 9.93. The summed E-state index contributed by atoms with van der Waals surface area (Å²) in [4.78, 5) is 4.36. The van der Waals surface area contributed by atoms with Crippen LogP contribution in [0.2, 0.25) is 0 Å². The molecule has 2 aromatic heterocycles. The average molecular weight is 736 g/mol. The molecule has 2 heterocycles. The van der Waals surface area contributed by atoms with E-state index in [-0.39, 0.29) is 23.7 Å². The van der Waals surface area contributed by atoms with Crippen LogP contribution < -0.4 is 9.86 Å². The molecule has 0 aliphatic carbocycles. The van der Waals surface area contributed by atoms with E-state index in [1.165, 1.54) is 6.07 Å². The highest BCUT2D eigenvalue weighted by molar-refractivity contribution is 7.92. The van der Waals surface area contributed by atoms with Crippen molar-refractivity contribution in [2.24, 2.45) is 5.14 Å². The number of nitrogens with one attached hydrogen (secondary N) is 1. The Labute approximate surface area is 272 Å². The second-order valence-electron chi connectivity index (χ2n) is 10.4. The van der Waals surface area contributed by atoms with Crippen molar-refractivity contribution in [2.45, 2.75) is 30.3 Å². The molecule has 0 bridgehead atoms. The molecule has 0 spiro atoms. The number of rotatable bonds is 10. The van der Waals surface area contributed by atoms with Crippen molar-refractivity contribution in [2.75, 3.05) is 13.4 Å². The van der Waals surface area contributed by atoms with Gasteiger partial charge in [-0.1, -0.05) is 30.3 Å². The standard InChI is InChI=1S/C28H23F6N5O6S3/c1-44-14-15-3-5-16(6-4-15)17-7-8-21-22(9-17)46-25(37-21)26(47(2,40)41,24-39-38-23(45-24)13-36-48(35,42)43)18-10-19(27(29,30)31)12-20(11-18)28(32,33)34/h3-12,36H,13-14H2,1-2H3,(H2,35,42,43). The SMILES string of the molecule is COCc1ccc(-c2ccc3nc(C(c4cc(C(F)(F)F)cc(C(F)(F)F)c4)(c4nnc(CNS(N)(=O)=O)o4)S(C)(=O)=O)sc3c2)cc1. The number of ether oxygens (including phenoxy) is 1. The summed E-state index contributed by atoms with van der Waals surface area (Å²) < 4.78 is 144. The monoisotopic (exact) mass is 735 g/mol. The molecule has 0 amide bonds. The maximum absolute atomic E-state index is 14.0. The van der Waals surface area contributed by atoms with Gasteiger partial charge < -0.3 is 9.15 Å². The number of thiazole rings is 1. The molecule has 0 aliphatic heterocycles. The van der Waals surface area contributed by atoms with Gasteiger partial charge in [0.2, 0.25) is 16.5 Å². The third-order valence-electron chi connectivity index (χ3n) is 7.03. The molecule has 0 fully saturated rings. The van der Waals surface area contributed by atoms with Crippen LogP contribution in [0.15, 0.2) is 65.1 Å². The summed E-state index contributed by atoms with van der Waals surface area (Å²) >= 11 is 0.662. The minimum Gasteiger partial charge on any atom is -0.421 e. The van der Waals surface area contributed by atoms with E-state index in [2.05, 4.69) is 15.2 Å². The van der Waals surface area contributed by atoms with Crippen LogP contribution in [0.25, 0.3) is 21.3 Å². The van der Waals surface area contributed by atoms with E-state index < -0.39 is 77.2 Å². The summed E-state index contributed by atoms with van der Waals surface area (Å²) in [6.07, 6.45) is -10.1. The first-order valence-corrected chi connectivity index (χ1v) is 17.6. The van der Waals surface area contributed by atoms with E-state index in [1.54, 1.807) is 31.4 Å². The van der Waals surface area contributed by atoms with Crippen LogP contribution in [-0.4, -0.2) is 45.4 Å². The van der Waals surface area contributed by atoms with Gasteiger partial charge in [0, 0.05) is 13.4 Å². The molecule has 0 aliphatic rings. The van der Waals surface area contributed by atoms with Crippen molar-refractivity contribution in [1.29, 1.82) is 0 Å². The maximum Gasteiger partial charge on any atom is 0.416 e. The van der Waals surface area contributed by atoms with E-state index in [0.717, 1.165) is 11.1 Å². The Bertz CT molecular complexity index is 2170. The summed E-state index contributed by atoms with van der Waals surface area (Å²) in [7, 11) is -7.71. The van der Waals surface area contributed by atoms with Crippen molar-refractivity contribution in [3.63, 3.8) is 0 Å². The molecule has 1 unspecified atom stereocenters. The molecule has 5 rings (SSSR count). The molecule has 5 aromatic rings. The Balaban J connectivity index is 1.80. The van der Waals surface area contributed by atoms with Gasteiger partial charge in [0.15, 0.2) is 9.84 Å². The number of methoxy groups -OCH3 is 1. The number of sulfone groups is 1. The van der Waals surface area contributed by atoms with Gasteiger partial charge in [0.1, 0.15) is 5.01 Å². The largest absolute Gasteiger partial charge is 0.421 e. The van der Waals surface area contributed by atoms with Gasteiger partial charge in [-0.25, -0.2) is 18.5 Å². The van der Waals surface area contributed by atoms with E-state index in [1.807, 2.05) is 16.9 Å². The van der Waals surface area contributed by atoms with Crippen molar-refractivity contribution in [3.8, 4) is 11.1 Å². The smallest absolute Gasteiger partial charge is 0.416 e. The number of nitrogens with zero attached hydrogens (tertiary/aromatic N) is 3. The van der Waals surface area contributed by atoms with Crippen molar-refractivity contribution in [3.05, 3.63) is 99.7 Å². The molecular formula is C28H23F6N5O6S3. The zero-order chi connectivity index (χ0) is 35.3. The molecule has 0 saturated carbocycles. The maximum atomic E-state index is 14.0. The van der Waals surface area contributed by atoms with E-state index >= 15 is 0 Å². The van der Waals surface area contributed by atoms with Crippen LogP contribution >= 0.6 is 11.3 Å². The van der Waals surface area contributed by atoms with Crippen LogP contribution in [0.3, 0.4) is 0 Å². The van der Waals surface area contributed by atoms with Crippen LogP contribution in [0.4, 0.5) is 26.3 Å². The predicted molar refractivity (Wildman–Crippen MR) is 161 cm³/mol. The minimum atomic E-state index is -5.35. The average Bonchev–Trinajstić information content (AvgIpc) is 3.62. The number of alkyl halides is 6. The fourth-order valence-electron chi connectivity index (χ4n) is 4.87. The summed E-state index contributed by atoms with van der Waals surface area (Å²) in [6, 6.07) is 12.3. The van der Waals surface area contributed by atoms with Gasteiger partial charge in [-0.05, 0) is 52.6 Å². The molecule has 3 aromatic carbocycles. The van der Waals surface area contributed by atoms with Gasteiger partial charge in [0.05, 0.1) is 34.5 Å². The van der Waals surface area contributed by atoms with Crippen molar-refractivity contribution < 1.29 is 52.3 Å². The fraction of sp³-hybridized carbons (Fsp3) is 0.250. The molecule has 11 nitrogen and oxygen atoms in total. The van der Waals surface area contributed by atoms with Gasteiger partial charge in [0.25, 0.3) is 10.2 Å². The van der Waals surface area contributed by atoms with Crippen molar-refractivity contribution >= 4 is 41.6 Å². The lowest BCUT2D eigenvalue weighted by Gasteiger charge is -2.28. The Morgan fingerprint density at radius 1 is 0.854 bits per heavy atom. The second kappa shape index (κ2) is 12.5. The van der Waals surface area contributed by atoms with Crippen LogP contribution in [0.1, 0.15) is 39.0 Å². The highest BCUT2D eigenvalue weighted by atomic mass is 32.2. The van der Waals surface area contributed by atoms with Crippen LogP contribution in [-0.2, 0) is 55.0 Å². The lowest BCUT2D eigenvalue weighted by molar-refractivity contribution is -0.143. The first-order chi connectivity index (χ1) is 22.2. The molecule has 256 valence electrons. The van der Waals surface area contributed by atoms with Gasteiger partial charge in [-0.3, -0.25) is 0 Å². The Kier molecular flexibility index (Phi) is 9.20. The highest BCUT2D eigenvalue weighted by Crippen LogP contribution is 2.49. The number of aromatic nitrogens is 3. The van der Waals surface area contributed by atoms with Crippen LogP contribution in [0.5, 0.6) is 0 Å². The topological polar surface area (TPSA) is 167 Å². The molecule has 0 saturated heterocycles. The summed E-state index contributed by atoms with van der Waals surface area (Å²) in [6.45, 7) is -0.416. The predicted octanol–water partition coefficient (Wildman–Crippen LogP) is 5.16. The highest BCUT2D eigenvalue weighted by Gasteiger charge is 2.55. The summed E-state index contributed by atoms with van der Waals surface area (Å²) in [5.41, 5.74) is -2.25. The quantitative estimate of drug-likeness (QED) is 0.184. The minimum absolute atomic E-state index is 0.154. The number of nitrogens with two attached hydrogens (primary N) is 1. The van der Waals surface area contributed by atoms with Gasteiger partial charge in [-0.2, -0.15) is 39.5 Å². The first-order valence-electron chi connectivity index (χ1n) is 13.3. The lowest BCUT2D eigenvalue weighted by Crippen LogP contribution is -2.39. The third kappa shape index (κ3) is 7.08. The zero-order valence-corrected chi connectivity index (χ0v) is 27.0. The van der Waals surface area contributed by atoms with E-state index in [9.17, 15) is 43.2 Å². The second-order valence-corrected chi connectivity index (χ2v) is 15.0. The Morgan fingerprint density at radius 3 is 1.98 bits per heavy atom. The molecule has 1 atom stereocenters. The third-order valence-corrected chi connectivity index (χ3v) is 10.6. The van der Waals surface area contributed by atoms with Gasteiger partial charge in [-0.15, -0.1) is 21.5 Å². The van der Waals surface area contributed by atoms with E-state index in [4.69, 9.17) is 14.3 Å². The zero-order valence-electron chi connectivity index (χ0n) is 24.5. The Morgan fingerprint density at radius 2 is 1.44 bits per heavy atom. The fourth-order valence-corrected chi connectivity index (χ4v) is 8.19. The molecular weight excluding hydrogens is 713 g/mol. The van der Waals surface area contributed by atoms with Crippen LogP contribution in [0, 0.1) is 0 Å². The molecule has 48 heavy (non-hydrogen) atoms. The number of fused-ring (bicyclic) bond motifs is 1. The first kappa shape index (κ1) is 35.4. The summed E-state index contributed by atoms with van der Waals surface area (Å²) in [5, 5.41) is 11.6.